The average molecular weight is 278 g/mol. The maximum Gasteiger partial charge on any atom is 0.129 e. The van der Waals surface area contributed by atoms with Crippen molar-refractivity contribution in [3.63, 3.8) is 0 Å². The molecule has 1 fully saturated rings. The van der Waals surface area contributed by atoms with Crippen LogP contribution in [0.15, 0.2) is 54.6 Å². The SMILES string of the molecule is N#CC1CCCC1Nc1cccc(Oc2ccccc2)c1. The molecule has 3 nitrogen and oxygen atoms in total. The van der Waals surface area contributed by atoms with Gasteiger partial charge in [-0.05, 0) is 43.5 Å². The van der Waals surface area contributed by atoms with Crippen LogP contribution in [0.4, 0.5) is 5.69 Å². The van der Waals surface area contributed by atoms with E-state index >= 15 is 0 Å². The van der Waals surface area contributed by atoms with Gasteiger partial charge in [-0.2, -0.15) is 5.26 Å². The zero-order chi connectivity index (χ0) is 14.5. The highest BCUT2D eigenvalue weighted by atomic mass is 16.5. The predicted octanol–water partition coefficient (Wildman–Crippen LogP) is 4.58. The Balaban J connectivity index is 1.70. The van der Waals surface area contributed by atoms with Crippen molar-refractivity contribution >= 4 is 5.69 Å². The highest BCUT2D eigenvalue weighted by Crippen LogP contribution is 2.30. The molecule has 1 aliphatic rings. The lowest BCUT2D eigenvalue weighted by molar-refractivity contribution is 0.483. The van der Waals surface area contributed by atoms with Crippen molar-refractivity contribution in [3.05, 3.63) is 54.6 Å². The van der Waals surface area contributed by atoms with Crippen LogP contribution in [0.5, 0.6) is 11.5 Å². The van der Waals surface area contributed by atoms with Crippen molar-refractivity contribution in [3.8, 4) is 17.6 Å². The summed E-state index contributed by atoms with van der Waals surface area (Å²) < 4.78 is 5.83. The number of ether oxygens (including phenoxy) is 1. The summed E-state index contributed by atoms with van der Waals surface area (Å²) in [5.74, 6) is 1.74. The Morgan fingerprint density at radius 2 is 1.81 bits per heavy atom. The maximum atomic E-state index is 9.15. The van der Waals surface area contributed by atoms with Crippen LogP contribution in [0.25, 0.3) is 0 Å². The van der Waals surface area contributed by atoms with Gasteiger partial charge in [0.15, 0.2) is 0 Å². The fraction of sp³-hybridized carbons (Fsp3) is 0.278. The smallest absolute Gasteiger partial charge is 0.129 e. The van der Waals surface area contributed by atoms with Crippen LogP contribution in [0.3, 0.4) is 0 Å². The number of hydrogen-bond donors (Lipinski definition) is 1. The first-order valence-electron chi connectivity index (χ1n) is 7.34. The first kappa shape index (κ1) is 13.5. The molecule has 0 aromatic heterocycles. The van der Waals surface area contributed by atoms with Gasteiger partial charge in [-0.1, -0.05) is 24.3 Å². The standard InChI is InChI=1S/C18H18N2O/c19-13-14-6-4-11-18(14)20-15-7-5-10-17(12-15)21-16-8-2-1-3-9-16/h1-3,5,7-10,12,14,18,20H,4,6,11H2. The van der Waals surface area contributed by atoms with E-state index in [1.807, 2.05) is 54.6 Å². The van der Waals surface area contributed by atoms with Crippen LogP contribution in [0.2, 0.25) is 0 Å². The van der Waals surface area contributed by atoms with Gasteiger partial charge in [0.2, 0.25) is 0 Å². The van der Waals surface area contributed by atoms with E-state index in [-0.39, 0.29) is 12.0 Å². The Kier molecular flexibility index (Phi) is 4.07. The Hall–Kier alpha value is -2.47. The van der Waals surface area contributed by atoms with Gasteiger partial charge in [-0.15, -0.1) is 0 Å². The normalized spacial score (nSPS) is 20.7. The molecular weight excluding hydrogens is 260 g/mol. The van der Waals surface area contributed by atoms with Crippen LogP contribution in [-0.4, -0.2) is 6.04 Å². The molecule has 21 heavy (non-hydrogen) atoms. The van der Waals surface area contributed by atoms with E-state index in [1.165, 1.54) is 0 Å². The average Bonchev–Trinajstić information content (AvgIpc) is 2.96. The number of rotatable bonds is 4. The number of hydrogen-bond acceptors (Lipinski definition) is 3. The van der Waals surface area contributed by atoms with Gasteiger partial charge < -0.3 is 10.1 Å². The summed E-state index contributed by atoms with van der Waals surface area (Å²) in [7, 11) is 0. The van der Waals surface area contributed by atoms with Crippen molar-refractivity contribution in [2.24, 2.45) is 5.92 Å². The molecule has 1 aliphatic carbocycles. The summed E-state index contributed by atoms with van der Waals surface area (Å²) in [5, 5.41) is 12.6. The minimum absolute atomic E-state index is 0.115. The summed E-state index contributed by atoms with van der Waals surface area (Å²) in [6.07, 6.45) is 3.17. The first-order chi connectivity index (χ1) is 10.3. The van der Waals surface area contributed by atoms with Gasteiger partial charge in [-0.25, -0.2) is 0 Å². The lowest BCUT2D eigenvalue weighted by Gasteiger charge is -2.17. The van der Waals surface area contributed by atoms with Gasteiger partial charge in [0.25, 0.3) is 0 Å². The lowest BCUT2D eigenvalue weighted by Crippen LogP contribution is -2.22. The third-order valence-corrected chi connectivity index (χ3v) is 3.85. The largest absolute Gasteiger partial charge is 0.457 e. The third kappa shape index (κ3) is 3.35. The molecule has 0 radical (unpaired) electrons. The number of nitrogens with zero attached hydrogens (tertiary/aromatic N) is 1. The number of para-hydroxylation sites is 1. The summed E-state index contributed by atoms with van der Waals surface area (Å²) in [6.45, 7) is 0. The number of nitrogens with one attached hydrogen (secondary N) is 1. The van der Waals surface area contributed by atoms with Crippen LogP contribution in [0.1, 0.15) is 19.3 Å². The predicted molar refractivity (Wildman–Crippen MR) is 83.3 cm³/mol. The van der Waals surface area contributed by atoms with Gasteiger partial charge in [0.05, 0.1) is 12.0 Å². The van der Waals surface area contributed by atoms with E-state index in [2.05, 4.69) is 11.4 Å². The second-order valence-electron chi connectivity index (χ2n) is 5.36. The van der Waals surface area contributed by atoms with E-state index in [0.29, 0.717) is 0 Å². The highest BCUT2D eigenvalue weighted by Gasteiger charge is 2.26. The Morgan fingerprint density at radius 1 is 1.00 bits per heavy atom. The van der Waals surface area contributed by atoms with E-state index in [1.54, 1.807) is 0 Å². The van der Waals surface area contributed by atoms with Crippen molar-refractivity contribution in [1.29, 1.82) is 5.26 Å². The Labute approximate surface area is 125 Å². The topological polar surface area (TPSA) is 45.0 Å². The molecule has 1 saturated carbocycles. The maximum absolute atomic E-state index is 9.15. The number of benzene rings is 2. The fourth-order valence-corrected chi connectivity index (χ4v) is 2.78. The molecule has 2 unspecified atom stereocenters. The molecule has 0 spiro atoms. The van der Waals surface area contributed by atoms with E-state index < -0.39 is 0 Å². The van der Waals surface area contributed by atoms with Crippen molar-refractivity contribution in [2.75, 3.05) is 5.32 Å². The van der Waals surface area contributed by atoms with Gasteiger partial charge in [0.1, 0.15) is 11.5 Å². The fourth-order valence-electron chi connectivity index (χ4n) is 2.78. The van der Waals surface area contributed by atoms with Crippen LogP contribution in [-0.2, 0) is 0 Å². The Bertz CT molecular complexity index is 633. The molecule has 3 heteroatoms. The third-order valence-electron chi connectivity index (χ3n) is 3.85. The van der Waals surface area contributed by atoms with Crippen LogP contribution >= 0.6 is 0 Å². The molecule has 0 bridgehead atoms. The van der Waals surface area contributed by atoms with Gasteiger partial charge in [0, 0.05) is 17.8 Å². The second kappa shape index (κ2) is 6.32. The number of anilines is 1. The summed E-state index contributed by atoms with van der Waals surface area (Å²) in [6, 6.07) is 20.3. The zero-order valence-electron chi connectivity index (χ0n) is 11.8. The molecule has 2 atom stereocenters. The minimum atomic E-state index is 0.115. The molecule has 0 heterocycles. The van der Waals surface area contributed by atoms with E-state index in [0.717, 1.165) is 36.4 Å². The molecule has 2 aromatic carbocycles. The summed E-state index contributed by atoms with van der Waals surface area (Å²) in [4.78, 5) is 0. The molecule has 1 N–H and O–H groups in total. The van der Waals surface area contributed by atoms with Crippen LogP contribution in [0, 0.1) is 17.2 Å². The molecule has 106 valence electrons. The molecule has 0 amide bonds. The lowest BCUT2D eigenvalue weighted by atomic mass is 10.1. The summed E-state index contributed by atoms with van der Waals surface area (Å²) >= 11 is 0. The van der Waals surface area contributed by atoms with Crippen LogP contribution < -0.4 is 10.1 Å². The highest BCUT2D eigenvalue weighted by molar-refractivity contribution is 5.50. The molecule has 0 aliphatic heterocycles. The monoisotopic (exact) mass is 278 g/mol. The molecule has 2 aromatic rings. The zero-order valence-corrected chi connectivity index (χ0v) is 11.8. The Morgan fingerprint density at radius 3 is 2.62 bits per heavy atom. The second-order valence-corrected chi connectivity index (χ2v) is 5.36. The quantitative estimate of drug-likeness (QED) is 0.890. The van der Waals surface area contributed by atoms with E-state index in [4.69, 9.17) is 10.00 Å². The van der Waals surface area contributed by atoms with E-state index in [9.17, 15) is 0 Å². The molecule has 3 rings (SSSR count). The van der Waals surface area contributed by atoms with Gasteiger partial charge in [-0.3, -0.25) is 0 Å². The minimum Gasteiger partial charge on any atom is -0.457 e. The molecule has 0 saturated heterocycles. The van der Waals surface area contributed by atoms with Crippen molar-refractivity contribution in [1.82, 2.24) is 0 Å². The van der Waals surface area contributed by atoms with Crippen molar-refractivity contribution < 1.29 is 4.74 Å². The summed E-state index contributed by atoms with van der Waals surface area (Å²) in [5.41, 5.74) is 1.01. The molecular formula is C18H18N2O. The van der Waals surface area contributed by atoms with Crippen molar-refractivity contribution in [2.45, 2.75) is 25.3 Å². The van der Waals surface area contributed by atoms with Gasteiger partial charge >= 0.3 is 0 Å². The number of nitriles is 1. The first-order valence-corrected chi connectivity index (χ1v) is 7.34.